The summed E-state index contributed by atoms with van der Waals surface area (Å²) in [5.74, 6) is 0. The minimum Gasteiger partial charge on any atom is -0.456 e. The minimum atomic E-state index is -1.51. The van der Waals surface area contributed by atoms with Gasteiger partial charge in [-0.1, -0.05) is 137 Å². The molecule has 2 heterocycles. The lowest BCUT2D eigenvalue weighted by atomic mass is 9.79. The van der Waals surface area contributed by atoms with Gasteiger partial charge in [0.25, 0.3) is 0 Å². The topological polar surface area (TPSA) is 66.7 Å². The summed E-state index contributed by atoms with van der Waals surface area (Å²) in [6.07, 6.45) is 0. The third kappa shape index (κ3) is 5.74. The van der Waals surface area contributed by atoms with Crippen LogP contribution in [0.1, 0.15) is 13.7 Å². The van der Waals surface area contributed by atoms with Crippen molar-refractivity contribution >= 4 is 72.4 Å². The lowest BCUT2D eigenvalue weighted by molar-refractivity contribution is 0.425. The molecule has 42 heavy (non-hydrogen) atoms. The molecule has 0 aliphatic heterocycles. The Bertz CT molecular complexity index is 2530. The van der Waals surface area contributed by atoms with Crippen molar-refractivity contribution in [3.05, 3.63) is 150 Å². The van der Waals surface area contributed by atoms with Gasteiger partial charge in [-0.3, -0.25) is 0 Å². The van der Waals surface area contributed by atoms with E-state index in [0.717, 1.165) is 27.1 Å². The molecule has 8 rings (SSSR count). The monoisotopic (exact) mass is 622 g/mol. The average Bonchev–Trinajstić information content (AvgIpc) is 3.73. The SMILES string of the molecule is OB(O)c1cccc2c1oc1ccccc12.[2H]c1c([2H])c([2H])c(-c2cccc3c2oc2ccccc23)c([2H])c1[2H].[2H]c1c([2H])c([2H])c(Br)c([2H])c1[2H]. The number of rotatable bonds is 2. The normalized spacial score (nSPS) is 14.1. The number of furan rings is 2. The molecule has 0 saturated heterocycles. The van der Waals surface area contributed by atoms with Crippen molar-refractivity contribution < 1.29 is 32.6 Å². The van der Waals surface area contributed by atoms with Crippen LogP contribution in [0.15, 0.2) is 159 Å². The Morgan fingerprint density at radius 3 is 1.67 bits per heavy atom. The zero-order chi connectivity index (χ0) is 37.6. The van der Waals surface area contributed by atoms with Crippen LogP contribution >= 0.6 is 15.9 Å². The molecule has 204 valence electrons. The maximum Gasteiger partial charge on any atom is 0.492 e. The van der Waals surface area contributed by atoms with Gasteiger partial charge in [0, 0.05) is 37.0 Å². The first-order valence-electron chi connectivity index (χ1n) is 17.7. The number of fused-ring (bicyclic) bond motifs is 6. The molecule has 8 aromatic rings. The molecule has 4 nitrogen and oxygen atoms in total. The molecule has 6 aromatic carbocycles. The Labute approximate surface area is 265 Å². The summed E-state index contributed by atoms with van der Waals surface area (Å²) in [5, 5.41) is 22.2. The summed E-state index contributed by atoms with van der Waals surface area (Å²) in [6.45, 7) is 0. The van der Waals surface area contributed by atoms with Crippen LogP contribution in [0, 0.1) is 0 Å². The van der Waals surface area contributed by atoms with Gasteiger partial charge in [0.1, 0.15) is 22.3 Å². The molecule has 6 heteroatoms. The van der Waals surface area contributed by atoms with Crippen LogP contribution in [0.25, 0.3) is 55.0 Å². The van der Waals surface area contributed by atoms with E-state index in [-0.39, 0.29) is 64.4 Å². The molecule has 2 aromatic heterocycles. The molecule has 0 atom stereocenters. The third-order valence-electron chi connectivity index (χ3n) is 6.36. The Kier molecular flexibility index (Phi) is 5.37. The van der Waals surface area contributed by atoms with E-state index in [0.29, 0.717) is 27.8 Å². The first kappa shape index (κ1) is 18.0. The maximum absolute atomic E-state index is 9.24. The van der Waals surface area contributed by atoms with Crippen molar-refractivity contribution in [2.24, 2.45) is 0 Å². The van der Waals surface area contributed by atoms with Crippen LogP contribution in [0.5, 0.6) is 0 Å². The van der Waals surface area contributed by atoms with Crippen molar-refractivity contribution in [3.8, 4) is 11.1 Å². The van der Waals surface area contributed by atoms with Crippen LogP contribution in [-0.4, -0.2) is 17.2 Å². The number of hydrogen-bond acceptors (Lipinski definition) is 4. The molecular formula is C36H26BBrO4. The zero-order valence-corrected chi connectivity index (χ0v) is 23.3. The molecule has 0 saturated carbocycles. The second-order valence-corrected chi connectivity index (χ2v) is 9.71. The molecule has 0 unspecified atom stereocenters. The van der Waals surface area contributed by atoms with Gasteiger partial charge in [0.05, 0.1) is 13.7 Å². The van der Waals surface area contributed by atoms with Crippen LogP contribution in [0.2, 0.25) is 0 Å². The Hall–Kier alpha value is -4.62. The molecule has 0 spiro atoms. The maximum atomic E-state index is 9.24. The van der Waals surface area contributed by atoms with Crippen molar-refractivity contribution in [1.82, 2.24) is 0 Å². The number of para-hydroxylation sites is 4. The predicted molar refractivity (Wildman–Crippen MR) is 177 cm³/mol. The fraction of sp³-hybridized carbons (Fsp3) is 0. The van der Waals surface area contributed by atoms with Crippen molar-refractivity contribution in [1.29, 1.82) is 0 Å². The van der Waals surface area contributed by atoms with Crippen LogP contribution in [0.3, 0.4) is 0 Å². The number of benzene rings is 6. The van der Waals surface area contributed by atoms with Crippen LogP contribution in [0.4, 0.5) is 0 Å². The highest BCUT2D eigenvalue weighted by molar-refractivity contribution is 9.10. The number of hydrogen-bond donors (Lipinski definition) is 2. The van der Waals surface area contributed by atoms with Crippen LogP contribution < -0.4 is 5.46 Å². The van der Waals surface area contributed by atoms with E-state index in [1.165, 1.54) is 0 Å². The fourth-order valence-electron chi connectivity index (χ4n) is 4.54. The zero-order valence-electron chi connectivity index (χ0n) is 31.7. The summed E-state index contributed by atoms with van der Waals surface area (Å²) >= 11 is 2.92. The Morgan fingerprint density at radius 2 is 1.05 bits per heavy atom. The summed E-state index contributed by atoms with van der Waals surface area (Å²) in [4.78, 5) is 0. The second kappa shape index (κ2) is 12.5. The van der Waals surface area contributed by atoms with Gasteiger partial charge in [-0.2, -0.15) is 0 Å². The van der Waals surface area contributed by atoms with Gasteiger partial charge < -0.3 is 18.9 Å². The second-order valence-electron chi connectivity index (χ2n) is 8.92. The third-order valence-corrected chi connectivity index (χ3v) is 6.75. The number of halogens is 1. The van der Waals surface area contributed by atoms with E-state index < -0.39 is 13.2 Å². The predicted octanol–water partition coefficient (Wildman–Crippen LogP) is 8.97. The van der Waals surface area contributed by atoms with Gasteiger partial charge in [-0.15, -0.1) is 0 Å². The average molecular weight is 623 g/mol. The van der Waals surface area contributed by atoms with Crippen molar-refractivity contribution in [2.45, 2.75) is 0 Å². The smallest absolute Gasteiger partial charge is 0.456 e. The highest BCUT2D eigenvalue weighted by Crippen LogP contribution is 2.35. The molecule has 0 amide bonds. The highest BCUT2D eigenvalue weighted by atomic mass is 79.9. The fourth-order valence-corrected chi connectivity index (χ4v) is 4.73. The van der Waals surface area contributed by atoms with E-state index >= 15 is 0 Å². The molecule has 0 radical (unpaired) electrons. The van der Waals surface area contributed by atoms with E-state index in [9.17, 15) is 10.0 Å². The lowest BCUT2D eigenvalue weighted by Crippen LogP contribution is -2.29. The van der Waals surface area contributed by atoms with Gasteiger partial charge in [-0.05, 0) is 29.8 Å². The van der Waals surface area contributed by atoms with Gasteiger partial charge >= 0.3 is 7.12 Å². The van der Waals surface area contributed by atoms with Crippen molar-refractivity contribution in [3.63, 3.8) is 0 Å². The lowest BCUT2D eigenvalue weighted by Gasteiger charge is -2.01. The Balaban J connectivity index is 0.000000144. The molecule has 2 N–H and O–H groups in total. The molecule has 0 aliphatic carbocycles. The van der Waals surface area contributed by atoms with E-state index in [2.05, 4.69) is 15.9 Å². The first-order valence-corrected chi connectivity index (χ1v) is 13.5. The Morgan fingerprint density at radius 1 is 0.548 bits per heavy atom. The van der Waals surface area contributed by atoms with Gasteiger partial charge in [0.2, 0.25) is 0 Å². The summed E-state index contributed by atoms with van der Waals surface area (Å²) in [6, 6.07) is 23.0. The quantitative estimate of drug-likeness (QED) is 0.189. The standard InChI is InChI=1S/C18H12O.C12H9BO3.C6H5Br/c1-2-7-13(8-3-1)14-10-6-11-16-15-9-4-5-12-17(15)19-18(14)16;14-13(15)10-6-3-5-9-8-4-1-2-7-11(8)16-12(9)10;7-6-4-2-1-3-5-6/h1-12H;1-7,14-15H;1-5H/i1D,2D,3D,7D,8D;;1D,2D,3D,4D,5D. The molecule has 0 aliphatic rings. The van der Waals surface area contributed by atoms with Crippen molar-refractivity contribution in [2.75, 3.05) is 0 Å². The molecular weight excluding hydrogens is 587 g/mol. The molecule has 0 fully saturated rings. The minimum absolute atomic E-state index is 0.105. The summed E-state index contributed by atoms with van der Waals surface area (Å²) < 4.78 is 87.6. The van der Waals surface area contributed by atoms with Crippen LogP contribution in [-0.2, 0) is 0 Å². The van der Waals surface area contributed by atoms with E-state index in [1.807, 2.05) is 60.7 Å². The van der Waals surface area contributed by atoms with Gasteiger partial charge in [0.15, 0.2) is 0 Å². The van der Waals surface area contributed by atoms with E-state index in [1.54, 1.807) is 24.3 Å². The first-order chi connectivity index (χ1) is 24.7. The largest absolute Gasteiger partial charge is 0.492 e. The van der Waals surface area contributed by atoms with Gasteiger partial charge in [-0.25, -0.2) is 0 Å². The molecule has 0 bridgehead atoms. The summed E-state index contributed by atoms with van der Waals surface area (Å²) in [7, 11) is -1.51. The highest BCUT2D eigenvalue weighted by Gasteiger charge is 2.18. The summed E-state index contributed by atoms with van der Waals surface area (Å²) in [5.41, 5.74) is 3.58. The van der Waals surface area contributed by atoms with E-state index in [4.69, 9.17) is 22.5 Å².